The average molecular weight is 246 g/mol. The number of hydrogen-bond donors (Lipinski definition) is 2. The molecule has 92 valence electrons. The van der Waals surface area contributed by atoms with E-state index in [1.54, 1.807) is 12.1 Å². The van der Waals surface area contributed by atoms with Crippen molar-refractivity contribution in [3.63, 3.8) is 0 Å². The van der Waals surface area contributed by atoms with Crippen LogP contribution in [0.5, 0.6) is 0 Å². The summed E-state index contributed by atoms with van der Waals surface area (Å²) in [6.07, 6.45) is 4.02. The number of rotatable bonds is 4. The van der Waals surface area contributed by atoms with Crippen molar-refractivity contribution < 1.29 is 4.92 Å². The fourth-order valence-corrected chi connectivity index (χ4v) is 1.52. The fourth-order valence-electron chi connectivity index (χ4n) is 1.52. The van der Waals surface area contributed by atoms with E-state index in [0.717, 1.165) is 0 Å². The predicted molar refractivity (Wildman–Crippen MR) is 63.2 cm³/mol. The average Bonchev–Trinajstić information content (AvgIpc) is 2.78. The van der Waals surface area contributed by atoms with E-state index in [-0.39, 0.29) is 18.1 Å². The van der Waals surface area contributed by atoms with Gasteiger partial charge in [0, 0.05) is 11.8 Å². The predicted octanol–water partition coefficient (Wildman–Crippen LogP) is 0.519. The zero-order valence-corrected chi connectivity index (χ0v) is 9.28. The fraction of sp³-hybridized carbons (Fsp3) is 0.100. The minimum absolute atomic E-state index is 0.0803. The molecule has 0 radical (unpaired) electrons. The van der Waals surface area contributed by atoms with Gasteiger partial charge < -0.3 is 5.73 Å². The molecule has 2 heterocycles. The second-order valence-electron chi connectivity index (χ2n) is 3.58. The van der Waals surface area contributed by atoms with Gasteiger partial charge in [0.15, 0.2) is 0 Å². The number of nitrogens with one attached hydrogen (secondary N) is 1. The molecule has 0 aliphatic carbocycles. The largest absolute Gasteiger partial charge is 0.382 e. The van der Waals surface area contributed by atoms with Gasteiger partial charge in [-0.25, -0.2) is 0 Å². The van der Waals surface area contributed by atoms with Crippen LogP contribution in [0.4, 0.5) is 5.69 Å². The molecule has 0 fully saturated rings. The van der Waals surface area contributed by atoms with E-state index in [1.807, 2.05) is 0 Å². The van der Waals surface area contributed by atoms with Crippen molar-refractivity contribution in [2.24, 2.45) is 5.73 Å². The number of hydrogen-bond acceptors (Lipinski definition) is 5. The monoisotopic (exact) mass is 246 g/mol. The molecule has 0 saturated heterocycles. The first-order chi connectivity index (χ1) is 8.58. The second kappa shape index (κ2) is 4.62. The number of nitro groups is 1. The van der Waals surface area contributed by atoms with E-state index in [0.29, 0.717) is 11.3 Å². The highest BCUT2D eigenvalue weighted by Gasteiger charge is 2.11. The van der Waals surface area contributed by atoms with Gasteiger partial charge >= 0.3 is 5.69 Å². The van der Waals surface area contributed by atoms with Crippen LogP contribution in [-0.2, 0) is 6.54 Å². The van der Waals surface area contributed by atoms with E-state index >= 15 is 0 Å². The molecule has 0 aliphatic rings. The molecule has 2 rings (SSSR count). The Morgan fingerprint density at radius 1 is 1.61 bits per heavy atom. The smallest absolute Gasteiger partial charge is 0.307 e. The van der Waals surface area contributed by atoms with Crippen LogP contribution in [0.3, 0.4) is 0 Å². The van der Waals surface area contributed by atoms with Crippen LogP contribution in [0.2, 0.25) is 0 Å². The molecular formula is C10H10N6O2. The van der Waals surface area contributed by atoms with Crippen LogP contribution in [0.1, 0.15) is 11.3 Å². The molecule has 0 atom stereocenters. The number of aromatic nitrogens is 3. The standard InChI is InChI=1S/C10H10N6O2/c11-10(12)9-7(2-1-3-13-9)5-15-6-8(4-14-15)16(17)18/h1-4,6H,5H2,(H3,11,12). The van der Waals surface area contributed by atoms with Crippen LogP contribution in [0.15, 0.2) is 30.7 Å². The highest BCUT2D eigenvalue weighted by atomic mass is 16.6. The van der Waals surface area contributed by atoms with Crippen molar-refractivity contribution in [3.8, 4) is 0 Å². The summed E-state index contributed by atoms with van der Waals surface area (Å²) in [7, 11) is 0. The van der Waals surface area contributed by atoms with E-state index in [1.165, 1.54) is 23.3 Å². The Kier molecular flexibility index (Phi) is 3.00. The van der Waals surface area contributed by atoms with Crippen LogP contribution in [0, 0.1) is 15.5 Å². The van der Waals surface area contributed by atoms with Gasteiger partial charge in [-0.3, -0.25) is 25.2 Å². The van der Waals surface area contributed by atoms with Crippen molar-refractivity contribution >= 4 is 11.5 Å². The number of nitrogens with two attached hydrogens (primary N) is 1. The van der Waals surface area contributed by atoms with Gasteiger partial charge in [0.05, 0.1) is 11.5 Å². The van der Waals surface area contributed by atoms with Crippen LogP contribution in [0.25, 0.3) is 0 Å². The van der Waals surface area contributed by atoms with Crippen molar-refractivity contribution in [2.75, 3.05) is 0 Å². The third kappa shape index (κ3) is 2.32. The molecule has 0 bridgehead atoms. The highest BCUT2D eigenvalue weighted by molar-refractivity contribution is 5.94. The third-order valence-electron chi connectivity index (χ3n) is 2.31. The summed E-state index contributed by atoms with van der Waals surface area (Å²) >= 11 is 0. The van der Waals surface area contributed by atoms with Gasteiger partial charge in [-0.2, -0.15) is 5.10 Å². The normalized spacial score (nSPS) is 10.2. The topological polar surface area (TPSA) is 124 Å². The minimum atomic E-state index is -0.515. The molecule has 0 aromatic carbocycles. The Hall–Kier alpha value is -2.77. The second-order valence-corrected chi connectivity index (χ2v) is 3.58. The molecule has 8 heteroatoms. The first-order valence-corrected chi connectivity index (χ1v) is 5.03. The van der Waals surface area contributed by atoms with Crippen molar-refractivity contribution in [1.29, 1.82) is 5.41 Å². The summed E-state index contributed by atoms with van der Waals surface area (Å²) in [5.74, 6) is -0.146. The maximum Gasteiger partial charge on any atom is 0.307 e. The maximum atomic E-state index is 10.5. The Morgan fingerprint density at radius 3 is 3.00 bits per heavy atom. The lowest BCUT2D eigenvalue weighted by molar-refractivity contribution is -0.385. The molecule has 2 aromatic heterocycles. The molecule has 0 saturated carbocycles. The highest BCUT2D eigenvalue weighted by Crippen LogP contribution is 2.11. The van der Waals surface area contributed by atoms with E-state index in [9.17, 15) is 10.1 Å². The molecule has 0 amide bonds. The summed E-state index contributed by atoms with van der Waals surface area (Å²) < 4.78 is 1.40. The van der Waals surface area contributed by atoms with Gasteiger partial charge in [-0.1, -0.05) is 6.07 Å². The molecule has 8 nitrogen and oxygen atoms in total. The Bertz CT molecular complexity index is 606. The molecule has 0 aliphatic heterocycles. The van der Waals surface area contributed by atoms with Gasteiger partial charge in [0.25, 0.3) is 0 Å². The first-order valence-electron chi connectivity index (χ1n) is 5.03. The molecule has 2 aromatic rings. The Morgan fingerprint density at radius 2 is 2.39 bits per heavy atom. The zero-order chi connectivity index (χ0) is 13.1. The third-order valence-corrected chi connectivity index (χ3v) is 2.31. The molecular weight excluding hydrogens is 236 g/mol. The summed E-state index contributed by atoms with van der Waals surface area (Å²) in [5, 5.41) is 21.8. The summed E-state index contributed by atoms with van der Waals surface area (Å²) in [5.41, 5.74) is 6.36. The van der Waals surface area contributed by atoms with Gasteiger partial charge in [0.1, 0.15) is 23.9 Å². The Labute approximate surface area is 102 Å². The van der Waals surface area contributed by atoms with Gasteiger partial charge in [0.2, 0.25) is 0 Å². The number of nitrogen functional groups attached to an aromatic ring is 1. The molecule has 0 spiro atoms. The zero-order valence-electron chi connectivity index (χ0n) is 9.28. The lowest BCUT2D eigenvalue weighted by atomic mass is 10.2. The van der Waals surface area contributed by atoms with Gasteiger partial charge in [-0.15, -0.1) is 0 Å². The molecule has 18 heavy (non-hydrogen) atoms. The van der Waals surface area contributed by atoms with E-state index in [4.69, 9.17) is 11.1 Å². The van der Waals surface area contributed by atoms with E-state index in [2.05, 4.69) is 10.1 Å². The van der Waals surface area contributed by atoms with Gasteiger partial charge in [-0.05, 0) is 6.07 Å². The maximum absolute atomic E-state index is 10.5. The summed E-state index contributed by atoms with van der Waals surface area (Å²) in [6.45, 7) is 0.274. The lowest BCUT2D eigenvalue weighted by Crippen LogP contribution is -2.17. The summed E-state index contributed by atoms with van der Waals surface area (Å²) in [4.78, 5) is 14.0. The van der Waals surface area contributed by atoms with Crippen LogP contribution < -0.4 is 5.73 Å². The SMILES string of the molecule is N=C(N)c1ncccc1Cn1cc([N+](=O)[O-])cn1. The van der Waals surface area contributed by atoms with Crippen molar-refractivity contribution in [3.05, 3.63) is 52.1 Å². The quantitative estimate of drug-likeness (QED) is 0.352. The van der Waals surface area contributed by atoms with E-state index < -0.39 is 4.92 Å². The molecule has 0 unspecified atom stereocenters. The number of pyridine rings is 1. The minimum Gasteiger partial charge on any atom is -0.382 e. The summed E-state index contributed by atoms with van der Waals surface area (Å²) in [6, 6.07) is 3.46. The van der Waals surface area contributed by atoms with Crippen molar-refractivity contribution in [2.45, 2.75) is 6.54 Å². The molecule has 3 N–H and O–H groups in total. The first kappa shape index (κ1) is 11.7. The van der Waals surface area contributed by atoms with Crippen LogP contribution in [-0.4, -0.2) is 25.5 Å². The lowest BCUT2D eigenvalue weighted by Gasteiger charge is -2.06. The Balaban J connectivity index is 2.28. The van der Waals surface area contributed by atoms with Crippen molar-refractivity contribution in [1.82, 2.24) is 14.8 Å². The number of nitrogens with zero attached hydrogens (tertiary/aromatic N) is 4. The number of amidine groups is 1. The van der Waals surface area contributed by atoms with Crippen LogP contribution >= 0.6 is 0 Å².